The second-order valence-electron chi connectivity index (χ2n) is 6.91. The molecule has 3 N–H and O–H groups in total. The number of nitrogens with zero attached hydrogens (tertiary/aromatic N) is 1. The number of amides is 3. The molecule has 0 radical (unpaired) electrons. The third kappa shape index (κ3) is 5.12. The van der Waals surface area contributed by atoms with Crippen LogP contribution in [0.4, 0.5) is 15.8 Å². The van der Waals surface area contributed by atoms with Gasteiger partial charge in [0, 0.05) is 20.0 Å². The Morgan fingerprint density at radius 3 is 2.21 bits per heavy atom. The monoisotopic (exact) mass is 572 g/mol. The number of benzene rings is 3. The predicted molar refractivity (Wildman–Crippen MR) is 131 cm³/mol. The first kappa shape index (κ1) is 22.7. The largest absolute Gasteiger partial charge is 0.328 e. The van der Waals surface area contributed by atoms with Gasteiger partial charge in [-0.05, 0) is 54.6 Å². The van der Waals surface area contributed by atoms with Gasteiger partial charge in [-0.1, -0.05) is 50.1 Å². The van der Waals surface area contributed by atoms with Gasteiger partial charge in [-0.2, -0.15) is 0 Å². The van der Waals surface area contributed by atoms with E-state index in [0.717, 1.165) is 10.5 Å². The molecule has 0 spiro atoms. The highest BCUT2D eigenvalue weighted by Crippen LogP contribution is 2.24. The molecule has 0 bridgehead atoms. The van der Waals surface area contributed by atoms with E-state index in [4.69, 9.17) is 0 Å². The lowest BCUT2D eigenvalue weighted by atomic mass is 10.2. The number of rotatable bonds is 4. The number of anilines is 2. The summed E-state index contributed by atoms with van der Waals surface area (Å²) >= 11 is 6.51. The van der Waals surface area contributed by atoms with Crippen LogP contribution in [-0.2, 0) is 9.59 Å². The van der Waals surface area contributed by atoms with Crippen LogP contribution in [0.25, 0.3) is 10.9 Å². The van der Waals surface area contributed by atoms with Gasteiger partial charge in [0.1, 0.15) is 11.5 Å². The highest BCUT2D eigenvalue weighted by molar-refractivity contribution is 9.10. The third-order valence-electron chi connectivity index (χ3n) is 4.63. The average Bonchev–Trinajstić information content (AvgIpc) is 3.13. The Kier molecular flexibility index (Phi) is 6.57. The molecule has 0 unspecified atom stereocenters. The lowest BCUT2D eigenvalue weighted by Crippen LogP contribution is -2.36. The summed E-state index contributed by atoms with van der Waals surface area (Å²) in [4.78, 5) is 38.0. The fourth-order valence-electron chi connectivity index (χ4n) is 3.11. The molecule has 3 amide bonds. The summed E-state index contributed by atoms with van der Waals surface area (Å²) in [7, 11) is 0. The van der Waals surface area contributed by atoms with Crippen LogP contribution in [0.1, 0.15) is 10.5 Å². The second-order valence-corrected chi connectivity index (χ2v) is 8.74. The van der Waals surface area contributed by atoms with Crippen LogP contribution >= 0.6 is 31.9 Å². The summed E-state index contributed by atoms with van der Waals surface area (Å²) in [5.74, 6) is -3.37. The summed E-state index contributed by atoms with van der Waals surface area (Å²) in [5, 5.41) is 5.63. The summed E-state index contributed by atoms with van der Waals surface area (Å²) < 4.78 is 16.5. The van der Waals surface area contributed by atoms with Gasteiger partial charge in [0.05, 0.1) is 11.2 Å². The summed E-state index contributed by atoms with van der Waals surface area (Å²) in [5.41, 5.74) is 3.44. The van der Waals surface area contributed by atoms with Crippen LogP contribution < -0.4 is 16.1 Å². The molecular formula is C23H15Br2FN4O3. The Bertz CT molecular complexity index is 1390. The first-order chi connectivity index (χ1) is 15.8. The molecule has 0 atom stereocenters. The van der Waals surface area contributed by atoms with Crippen LogP contribution in [-0.4, -0.2) is 22.4 Å². The van der Waals surface area contributed by atoms with Crippen molar-refractivity contribution in [2.24, 2.45) is 0 Å². The molecule has 1 heterocycles. The van der Waals surface area contributed by atoms with Crippen LogP contribution in [0, 0.1) is 5.82 Å². The normalized spacial score (nSPS) is 10.6. The number of hydrogen-bond donors (Lipinski definition) is 3. The van der Waals surface area contributed by atoms with Crippen molar-refractivity contribution in [3.63, 3.8) is 0 Å². The lowest BCUT2D eigenvalue weighted by Gasteiger charge is -2.13. The van der Waals surface area contributed by atoms with Crippen molar-refractivity contribution in [3.05, 3.63) is 93.3 Å². The van der Waals surface area contributed by atoms with E-state index >= 15 is 0 Å². The van der Waals surface area contributed by atoms with E-state index in [1.165, 1.54) is 16.8 Å². The minimum Gasteiger partial charge on any atom is -0.321 e. The van der Waals surface area contributed by atoms with Crippen LogP contribution in [0.2, 0.25) is 0 Å². The Hall–Kier alpha value is -3.50. The zero-order valence-corrected chi connectivity index (χ0v) is 19.9. The van der Waals surface area contributed by atoms with Crippen molar-refractivity contribution in [3.8, 4) is 0 Å². The molecule has 0 aliphatic carbocycles. The highest BCUT2D eigenvalue weighted by Gasteiger charge is 2.22. The molecule has 4 rings (SSSR count). The standard InChI is InChI=1S/C23H15Br2FN4O3/c24-14-7-9-19-13(10-14)11-20(21(31)27-16-4-2-1-3-5-16)30(19)29-23(33)22(32)28-18-8-6-15(25)12-17(18)26/h1-12H,(H,27,31)(H,28,32)(H,29,33). The number of hydrogen-bond acceptors (Lipinski definition) is 3. The van der Waals surface area contributed by atoms with E-state index < -0.39 is 23.5 Å². The number of carbonyl (C=O) groups is 3. The van der Waals surface area contributed by atoms with E-state index in [0.29, 0.717) is 21.1 Å². The molecular weight excluding hydrogens is 559 g/mol. The number of para-hydroxylation sites is 1. The average molecular weight is 574 g/mol. The molecule has 0 fully saturated rings. The molecule has 1 aromatic heterocycles. The molecule has 4 aromatic rings. The van der Waals surface area contributed by atoms with Gasteiger partial charge >= 0.3 is 11.8 Å². The van der Waals surface area contributed by atoms with Crippen LogP contribution in [0.5, 0.6) is 0 Å². The molecule has 166 valence electrons. The second kappa shape index (κ2) is 9.55. The SMILES string of the molecule is O=C(Nc1ccc(Br)cc1F)C(=O)Nn1c(C(=O)Nc2ccccc2)cc2cc(Br)ccc21. The van der Waals surface area contributed by atoms with E-state index in [2.05, 4.69) is 47.9 Å². The Morgan fingerprint density at radius 2 is 1.48 bits per heavy atom. The first-order valence-corrected chi connectivity index (χ1v) is 11.2. The number of carbonyl (C=O) groups excluding carboxylic acids is 3. The van der Waals surface area contributed by atoms with Crippen molar-refractivity contribution < 1.29 is 18.8 Å². The molecule has 0 saturated carbocycles. The Balaban J connectivity index is 1.62. The maximum Gasteiger partial charge on any atom is 0.328 e. The minimum atomic E-state index is -1.09. The van der Waals surface area contributed by atoms with Crippen molar-refractivity contribution in [1.29, 1.82) is 0 Å². The van der Waals surface area contributed by atoms with Gasteiger partial charge < -0.3 is 10.6 Å². The molecule has 0 saturated heterocycles. The van der Waals surface area contributed by atoms with Crippen molar-refractivity contribution >= 4 is 71.9 Å². The Morgan fingerprint density at radius 1 is 0.788 bits per heavy atom. The molecule has 0 aliphatic rings. The van der Waals surface area contributed by atoms with E-state index in [1.54, 1.807) is 48.5 Å². The minimum absolute atomic E-state index is 0.0999. The van der Waals surface area contributed by atoms with Gasteiger partial charge in [0.15, 0.2) is 0 Å². The fraction of sp³-hybridized carbons (Fsp3) is 0. The lowest BCUT2D eigenvalue weighted by molar-refractivity contribution is -0.133. The van der Waals surface area contributed by atoms with Crippen molar-refractivity contribution in [2.45, 2.75) is 0 Å². The van der Waals surface area contributed by atoms with Crippen molar-refractivity contribution in [1.82, 2.24) is 4.68 Å². The fourth-order valence-corrected chi connectivity index (χ4v) is 3.82. The molecule has 3 aromatic carbocycles. The number of aromatic nitrogens is 1. The summed E-state index contributed by atoms with van der Waals surface area (Å²) in [6, 6.07) is 19.6. The molecule has 10 heteroatoms. The number of fused-ring (bicyclic) bond motifs is 1. The zero-order valence-electron chi connectivity index (χ0n) is 16.7. The van der Waals surface area contributed by atoms with E-state index in [-0.39, 0.29) is 11.4 Å². The smallest absolute Gasteiger partial charge is 0.321 e. The van der Waals surface area contributed by atoms with E-state index in [1.807, 2.05) is 6.07 Å². The molecule has 0 aliphatic heterocycles. The zero-order chi connectivity index (χ0) is 23.5. The molecule has 33 heavy (non-hydrogen) atoms. The maximum absolute atomic E-state index is 14.0. The topological polar surface area (TPSA) is 92.2 Å². The third-order valence-corrected chi connectivity index (χ3v) is 5.61. The molecule has 7 nitrogen and oxygen atoms in total. The quantitative estimate of drug-likeness (QED) is 0.291. The number of halogens is 3. The van der Waals surface area contributed by atoms with Crippen LogP contribution in [0.3, 0.4) is 0 Å². The van der Waals surface area contributed by atoms with Crippen LogP contribution in [0.15, 0.2) is 81.7 Å². The number of nitrogens with one attached hydrogen (secondary N) is 3. The van der Waals surface area contributed by atoms with Gasteiger partial charge in [-0.3, -0.25) is 19.8 Å². The predicted octanol–water partition coefficient (Wildman–Crippen LogP) is 5.27. The summed E-state index contributed by atoms with van der Waals surface area (Å²) in [6.45, 7) is 0. The maximum atomic E-state index is 14.0. The van der Waals surface area contributed by atoms with Gasteiger partial charge in [-0.15, -0.1) is 0 Å². The first-order valence-electron chi connectivity index (χ1n) is 9.56. The van der Waals surface area contributed by atoms with Gasteiger partial charge in [0.25, 0.3) is 5.91 Å². The van der Waals surface area contributed by atoms with Crippen molar-refractivity contribution in [2.75, 3.05) is 16.1 Å². The Labute approximate surface area is 204 Å². The van der Waals surface area contributed by atoms with E-state index in [9.17, 15) is 18.8 Å². The highest BCUT2D eigenvalue weighted by atomic mass is 79.9. The summed E-state index contributed by atoms with van der Waals surface area (Å²) in [6.07, 6.45) is 0. The van der Waals surface area contributed by atoms with Gasteiger partial charge in [-0.25, -0.2) is 9.07 Å². The van der Waals surface area contributed by atoms with Gasteiger partial charge in [0.2, 0.25) is 0 Å².